The van der Waals surface area contributed by atoms with Crippen molar-refractivity contribution in [2.45, 2.75) is 13.0 Å². The number of carbonyl (C=O) groups is 2. The Morgan fingerprint density at radius 2 is 1.59 bits per heavy atom. The van der Waals surface area contributed by atoms with Crippen LogP contribution in [0.15, 0.2) is 119 Å². The number of Topliss-reactive ketones (excluding diaryl/α,β-unsaturated/α-hetero) is 1. The summed E-state index contributed by atoms with van der Waals surface area (Å²) in [5, 5.41) is 15.1. The van der Waals surface area contributed by atoms with Crippen molar-refractivity contribution in [3.63, 3.8) is 0 Å². The highest BCUT2D eigenvalue weighted by Crippen LogP contribution is 2.43. The van der Waals surface area contributed by atoms with E-state index in [1.165, 1.54) is 22.5 Å². The van der Waals surface area contributed by atoms with Gasteiger partial charge in [0.1, 0.15) is 16.8 Å². The molecule has 0 radical (unpaired) electrons. The largest absolute Gasteiger partial charge is 0.503 e. The third-order valence-corrected chi connectivity index (χ3v) is 7.70. The highest BCUT2D eigenvalue weighted by atomic mass is 32.1. The van der Waals surface area contributed by atoms with Crippen molar-refractivity contribution < 1.29 is 19.1 Å². The Hall–Kier alpha value is -4.95. The summed E-state index contributed by atoms with van der Waals surface area (Å²) in [5.74, 6) is -1.35. The smallest absolute Gasteiger partial charge is 0.294 e. The molecule has 0 saturated carbocycles. The second kappa shape index (κ2) is 10.1. The highest BCUT2D eigenvalue weighted by Gasteiger charge is 2.46. The lowest BCUT2D eigenvalue weighted by Crippen LogP contribution is -2.30. The van der Waals surface area contributed by atoms with E-state index in [2.05, 4.69) is 10.3 Å². The van der Waals surface area contributed by atoms with E-state index in [0.717, 1.165) is 16.9 Å². The zero-order chi connectivity index (χ0) is 26.9. The number of ketones is 1. The molecule has 3 heterocycles. The fraction of sp³-hybridized carbons (Fsp3) is 0.0645. The average Bonchev–Trinajstić information content (AvgIpc) is 3.69. The van der Waals surface area contributed by atoms with Crippen LogP contribution in [0.4, 0.5) is 17.1 Å². The molecule has 0 spiro atoms. The molecule has 1 atom stereocenters. The predicted molar refractivity (Wildman–Crippen MR) is 151 cm³/mol. The summed E-state index contributed by atoms with van der Waals surface area (Å²) in [6.45, 7) is 1.75. The molecular formula is C31H23N3O4S. The van der Waals surface area contributed by atoms with Gasteiger partial charge in [-0.15, -0.1) is 11.3 Å². The van der Waals surface area contributed by atoms with Crippen molar-refractivity contribution in [2.24, 2.45) is 0 Å². The van der Waals surface area contributed by atoms with Crippen molar-refractivity contribution in [3.05, 3.63) is 131 Å². The molecule has 6 rings (SSSR count). The molecule has 8 heteroatoms. The van der Waals surface area contributed by atoms with Crippen molar-refractivity contribution in [1.82, 2.24) is 4.98 Å². The number of benzene rings is 3. The molecule has 1 aliphatic rings. The van der Waals surface area contributed by atoms with Gasteiger partial charge in [-0.3, -0.25) is 14.5 Å². The van der Waals surface area contributed by atoms with Crippen LogP contribution in [0.1, 0.15) is 27.2 Å². The Morgan fingerprint density at radius 3 is 2.26 bits per heavy atom. The molecule has 192 valence electrons. The minimum atomic E-state index is -0.936. The normalized spacial score (nSPS) is 15.2. The summed E-state index contributed by atoms with van der Waals surface area (Å²) < 4.78 is 5.67. The summed E-state index contributed by atoms with van der Waals surface area (Å²) in [7, 11) is 0. The number of aromatic nitrogens is 1. The zero-order valence-electron chi connectivity index (χ0n) is 20.9. The molecule has 2 aromatic heterocycles. The zero-order valence-corrected chi connectivity index (χ0v) is 21.7. The second-order valence-corrected chi connectivity index (χ2v) is 10.0. The number of hydrogen-bond acceptors (Lipinski definition) is 7. The van der Waals surface area contributed by atoms with E-state index in [9.17, 15) is 14.7 Å². The van der Waals surface area contributed by atoms with Gasteiger partial charge in [0.15, 0.2) is 5.76 Å². The number of rotatable bonds is 7. The first-order chi connectivity index (χ1) is 19.0. The SMILES string of the molecule is Cc1nc(-c2ccccc2)sc1C(=O)C1=C(O)C(=O)N(c2ccc(Nc3ccccc3)cc2)C1c1ccco1. The molecule has 1 amide bonds. The number of anilines is 3. The number of aryl methyl sites for hydroxylation is 1. The van der Waals surface area contributed by atoms with Gasteiger partial charge < -0.3 is 14.8 Å². The summed E-state index contributed by atoms with van der Waals surface area (Å²) >= 11 is 1.24. The fourth-order valence-corrected chi connectivity index (χ4v) is 5.67. The number of furan rings is 1. The van der Waals surface area contributed by atoms with Crippen LogP contribution in [0.2, 0.25) is 0 Å². The summed E-state index contributed by atoms with van der Waals surface area (Å²) in [5.41, 5.74) is 3.66. The maximum atomic E-state index is 13.9. The van der Waals surface area contributed by atoms with E-state index in [1.807, 2.05) is 72.8 Å². The number of aliphatic hydroxyl groups is 1. The van der Waals surface area contributed by atoms with Gasteiger partial charge in [0.2, 0.25) is 5.78 Å². The molecule has 0 bridgehead atoms. The highest BCUT2D eigenvalue weighted by molar-refractivity contribution is 7.17. The standard InChI is InChI=1S/C31H23N3O4S/c1-19-29(39-30(32-19)20-9-4-2-5-10-20)27(35)25-26(24-13-8-18-38-24)34(31(37)28(25)36)23-16-14-22(15-17-23)33-21-11-6-3-7-12-21/h2-18,26,33,36H,1H3. The van der Waals surface area contributed by atoms with Crippen LogP contribution in [-0.2, 0) is 4.79 Å². The van der Waals surface area contributed by atoms with Gasteiger partial charge in [-0.05, 0) is 55.5 Å². The third-order valence-electron chi connectivity index (χ3n) is 6.50. The molecule has 39 heavy (non-hydrogen) atoms. The van der Waals surface area contributed by atoms with Crippen molar-refractivity contribution in [1.29, 1.82) is 0 Å². The number of nitrogens with one attached hydrogen (secondary N) is 1. The van der Waals surface area contributed by atoms with Crippen molar-refractivity contribution in [2.75, 3.05) is 10.2 Å². The Kier molecular flexibility index (Phi) is 6.30. The van der Waals surface area contributed by atoms with Gasteiger partial charge >= 0.3 is 0 Å². The minimum absolute atomic E-state index is 0.0344. The number of thiazole rings is 1. The quantitative estimate of drug-likeness (QED) is 0.214. The van der Waals surface area contributed by atoms with E-state index >= 15 is 0 Å². The van der Waals surface area contributed by atoms with Crippen LogP contribution in [0.3, 0.4) is 0 Å². The van der Waals surface area contributed by atoms with E-state index in [0.29, 0.717) is 27.0 Å². The van der Waals surface area contributed by atoms with Gasteiger partial charge in [-0.1, -0.05) is 48.5 Å². The van der Waals surface area contributed by atoms with Crippen LogP contribution in [-0.4, -0.2) is 21.8 Å². The maximum Gasteiger partial charge on any atom is 0.294 e. The van der Waals surface area contributed by atoms with Gasteiger partial charge in [0, 0.05) is 22.6 Å². The maximum absolute atomic E-state index is 13.9. The third kappa shape index (κ3) is 4.51. The minimum Gasteiger partial charge on any atom is -0.503 e. The molecular weight excluding hydrogens is 510 g/mol. The van der Waals surface area contributed by atoms with Gasteiger partial charge in [0.25, 0.3) is 5.91 Å². The number of para-hydroxylation sites is 1. The lowest BCUT2D eigenvalue weighted by Gasteiger charge is -2.25. The molecule has 7 nitrogen and oxygen atoms in total. The number of nitrogens with zero attached hydrogens (tertiary/aromatic N) is 2. The topological polar surface area (TPSA) is 95.7 Å². The van der Waals surface area contributed by atoms with Crippen LogP contribution in [0.5, 0.6) is 0 Å². The Balaban J connectivity index is 1.36. The number of aliphatic hydroxyl groups excluding tert-OH is 1. The molecule has 0 aliphatic carbocycles. The first kappa shape index (κ1) is 24.4. The molecule has 5 aromatic rings. The fourth-order valence-electron chi connectivity index (χ4n) is 4.65. The molecule has 1 unspecified atom stereocenters. The first-order valence-corrected chi connectivity index (χ1v) is 13.1. The van der Waals surface area contributed by atoms with Crippen LogP contribution >= 0.6 is 11.3 Å². The summed E-state index contributed by atoms with van der Waals surface area (Å²) in [6, 6.07) is 29.0. The van der Waals surface area contributed by atoms with Gasteiger partial charge in [-0.25, -0.2) is 4.98 Å². The van der Waals surface area contributed by atoms with Crippen molar-refractivity contribution >= 4 is 40.1 Å². The number of hydrogen-bond donors (Lipinski definition) is 2. The van der Waals surface area contributed by atoms with Crippen LogP contribution < -0.4 is 10.2 Å². The van der Waals surface area contributed by atoms with E-state index < -0.39 is 23.5 Å². The monoisotopic (exact) mass is 533 g/mol. The summed E-state index contributed by atoms with van der Waals surface area (Å²) in [4.78, 5) is 33.7. The number of amides is 1. The molecule has 0 saturated heterocycles. The second-order valence-electron chi connectivity index (χ2n) is 9.02. The van der Waals surface area contributed by atoms with E-state index in [4.69, 9.17) is 4.42 Å². The van der Waals surface area contributed by atoms with Gasteiger partial charge in [-0.2, -0.15) is 0 Å². The average molecular weight is 534 g/mol. The lowest BCUT2D eigenvalue weighted by atomic mass is 9.99. The van der Waals surface area contributed by atoms with E-state index in [-0.39, 0.29) is 5.57 Å². The van der Waals surface area contributed by atoms with Crippen LogP contribution in [0, 0.1) is 6.92 Å². The van der Waals surface area contributed by atoms with Crippen molar-refractivity contribution in [3.8, 4) is 10.6 Å². The molecule has 1 aliphatic heterocycles. The Labute approximate surface area is 228 Å². The number of carbonyl (C=O) groups excluding carboxylic acids is 2. The lowest BCUT2D eigenvalue weighted by molar-refractivity contribution is -0.117. The first-order valence-electron chi connectivity index (χ1n) is 12.3. The Bertz CT molecular complexity index is 1680. The molecule has 0 fully saturated rings. The summed E-state index contributed by atoms with van der Waals surface area (Å²) in [6.07, 6.45) is 1.48. The molecule has 2 N–H and O–H groups in total. The van der Waals surface area contributed by atoms with Crippen LogP contribution in [0.25, 0.3) is 10.6 Å². The van der Waals surface area contributed by atoms with E-state index in [1.54, 1.807) is 31.2 Å². The Morgan fingerprint density at radius 1 is 0.923 bits per heavy atom. The van der Waals surface area contributed by atoms with Gasteiger partial charge in [0.05, 0.1) is 22.4 Å². The molecule has 3 aromatic carbocycles. The predicted octanol–water partition coefficient (Wildman–Crippen LogP) is 7.24.